The SMILES string of the molecule is CCN(C1CC1)S(=O)(=O)c1ccc(C(N)=S)s1. The zero-order valence-corrected chi connectivity index (χ0v) is 11.9. The number of nitrogens with two attached hydrogens (primary N) is 1. The van der Waals surface area contributed by atoms with Crippen molar-refractivity contribution in [3.63, 3.8) is 0 Å². The second-order valence-corrected chi connectivity index (χ2v) is 7.56. The van der Waals surface area contributed by atoms with Crippen molar-refractivity contribution < 1.29 is 8.42 Å². The van der Waals surface area contributed by atoms with E-state index in [9.17, 15) is 8.42 Å². The lowest BCUT2D eigenvalue weighted by Crippen LogP contribution is -2.32. The van der Waals surface area contributed by atoms with Crippen LogP contribution in [0, 0.1) is 0 Å². The Morgan fingerprint density at radius 2 is 2.24 bits per heavy atom. The minimum Gasteiger partial charge on any atom is -0.389 e. The Bertz CT molecular complexity index is 532. The van der Waals surface area contributed by atoms with E-state index < -0.39 is 10.0 Å². The van der Waals surface area contributed by atoms with Crippen molar-refractivity contribution in [2.45, 2.75) is 30.0 Å². The first-order valence-corrected chi connectivity index (χ1v) is 8.04. The van der Waals surface area contributed by atoms with E-state index in [1.165, 1.54) is 0 Å². The number of sulfonamides is 1. The zero-order chi connectivity index (χ0) is 12.6. The van der Waals surface area contributed by atoms with E-state index in [1.807, 2.05) is 6.92 Å². The van der Waals surface area contributed by atoms with Gasteiger partial charge in [-0.3, -0.25) is 0 Å². The van der Waals surface area contributed by atoms with Gasteiger partial charge in [-0.05, 0) is 25.0 Å². The van der Waals surface area contributed by atoms with Crippen molar-refractivity contribution >= 4 is 38.6 Å². The smallest absolute Gasteiger partial charge is 0.252 e. The molecule has 1 aromatic heterocycles. The van der Waals surface area contributed by atoms with Crippen LogP contribution in [0.4, 0.5) is 0 Å². The highest BCUT2D eigenvalue weighted by atomic mass is 32.2. The summed E-state index contributed by atoms with van der Waals surface area (Å²) in [4.78, 5) is 0.886. The molecule has 4 nitrogen and oxygen atoms in total. The van der Waals surface area contributed by atoms with Gasteiger partial charge in [-0.1, -0.05) is 19.1 Å². The molecule has 0 unspecified atom stereocenters. The van der Waals surface area contributed by atoms with E-state index in [-0.39, 0.29) is 11.0 Å². The van der Waals surface area contributed by atoms with Crippen LogP contribution in [0.2, 0.25) is 0 Å². The molecule has 0 aliphatic heterocycles. The van der Waals surface area contributed by atoms with Gasteiger partial charge in [-0.2, -0.15) is 4.31 Å². The minimum absolute atomic E-state index is 0.181. The molecular weight excluding hydrogens is 276 g/mol. The summed E-state index contributed by atoms with van der Waals surface area (Å²) < 4.78 is 26.6. The summed E-state index contributed by atoms with van der Waals surface area (Å²) >= 11 is 5.98. The molecule has 1 aliphatic carbocycles. The van der Waals surface area contributed by atoms with E-state index >= 15 is 0 Å². The normalized spacial score (nSPS) is 16.4. The Balaban J connectivity index is 2.32. The summed E-state index contributed by atoms with van der Waals surface area (Å²) in [5, 5.41) is 0. The third-order valence-corrected chi connectivity index (χ3v) is 6.62. The highest BCUT2D eigenvalue weighted by molar-refractivity contribution is 7.91. The molecule has 0 atom stereocenters. The number of thiocarbonyl (C=S) groups is 1. The summed E-state index contributed by atoms with van der Waals surface area (Å²) in [5.74, 6) is 0. The summed E-state index contributed by atoms with van der Waals surface area (Å²) in [6, 6.07) is 3.43. The lowest BCUT2D eigenvalue weighted by molar-refractivity contribution is 0.422. The van der Waals surface area contributed by atoms with Crippen LogP contribution in [0.3, 0.4) is 0 Å². The van der Waals surface area contributed by atoms with Gasteiger partial charge in [0.15, 0.2) is 0 Å². The summed E-state index contributed by atoms with van der Waals surface area (Å²) in [6.45, 7) is 2.37. The van der Waals surface area contributed by atoms with E-state index in [0.717, 1.165) is 24.2 Å². The second-order valence-electron chi connectivity index (χ2n) is 3.92. The molecule has 2 rings (SSSR count). The number of hydrogen-bond donors (Lipinski definition) is 1. The van der Waals surface area contributed by atoms with Crippen molar-refractivity contribution in [1.29, 1.82) is 0 Å². The highest BCUT2D eigenvalue weighted by Crippen LogP contribution is 2.33. The van der Waals surface area contributed by atoms with Crippen molar-refractivity contribution in [3.8, 4) is 0 Å². The van der Waals surface area contributed by atoms with Crippen LogP contribution in [-0.4, -0.2) is 30.3 Å². The first-order chi connectivity index (χ1) is 7.96. The van der Waals surface area contributed by atoms with Gasteiger partial charge in [0.25, 0.3) is 10.0 Å². The highest BCUT2D eigenvalue weighted by Gasteiger charge is 2.37. The van der Waals surface area contributed by atoms with Gasteiger partial charge in [0.05, 0.1) is 4.88 Å². The third-order valence-electron chi connectivity index (χ3n) is 2.65. The number of nitrogens with zero attached hydrogens (tertiary/aromatic N) is 1. The molecule has 0 aromatic carbocycles. The van der Waals surface area contributed by atoms with E-state index in [1.54, 1.807) is 16.4 Å². The fraction of sp³-hybridized carbons (Fsp3) is 0.500. The van der Waals surface area contributed by atoms with Gasteiger partial charge in [0.2, 0.25) is 0 Å². The van der Waals surface area contributed by atoms with E-state index in [0.29, 0.717) is 15.6 Å². The van der Waals surface area contributed by atoms with Crippen LogP contribution in [0.25, 0.3) is 0 Å². The predicted octanol–water partition coefficient (Wildman–Crippen LogP) is 1.56. The van der Waals surface area contributed by atoms with E-state index in [2.05, 4.69) is 0 Å². The molecule has 0 bridgehead atoms. The Morgan fingerprint density at radius 1 is 1.59 bits per heavy atom. The molecule has 1 aliphatic rings. The summed E-state index contributed by atoms with van der Waals surface area (Å²) in [7, 11) is -3.36. The Hall–Kier alpha value is -0.500. The molecular formula is C10H14N2O2S3. The molecule has 0 radical (unpaired) electrons. The Kier molecular flexibility index (Phi) is 3.53. The number of hydrogen-bond acceptors (Lipinski definition) is 4. The van der Waals surface area contributed by atoms with E-state index in [4.69, 9.17) is 18.0 Å². The molecule has 0 saturated heterocycles. The molecule has 17 heavy (non-hydrogen) atoms. The van der Waals surface area contributed by atoms with Crippen molar-refractivity contribution in [2.75, 3.05) is 6.54 Å². The van der Waals surface area contributed by atoms with Crippen LogP contribution >= 0.6 is 23.6 Å². The van der Waals surface area contributed by atoms with Gasteiger partial charge < -0.3 is 5.73 Å². The average Bonchev–Trinajstić information content (AvgIpc) is 2.94. The Morgan fingerprint density at radius 3 is 2.65 bits per heavy atom. The quantitative estimate of drug-likeness (QED) is 0.836. The molecule has 1 heterocycles. The van der Waals surface area contributed by atoms with Crippen LogP contribution in [0.15, 0.2) is 16.3 Å². The predicted molar refractivity (Wildman–Crippen MR) is 72.8 cm³/mol. The van der Waals surface area contributed by atoms with Gasteiger partial charge in [-0.25, -0.2) is 8.42 Å². The fourth-order valence-electron chi connectivity index (χ4n) is 1.69. The van der Waals surface area contributed by atoms with Crippen LogP contribution in [0.5, 0.6) is 0 Å². The molecule has 1 fully saturated rings. The maximum absolute atomic E-state index is 12.3. The molecule has 2 N–H and O–H groups in total. The second kappa shape index (κ2) is 4.64. The standard InChI is InChI=1S/C10H14N2O2S3/c1-2-12(7-3-4-7)17(13,14)9-6-5-8(16-9)10(11)15/h5-7H,2-4H2,1H3,(H2,11,15). The largest absolute Gasteiger partial charge is 0.389 e. The Labute approximate surface area is 110 Å². The van der Waals surface area contributed by atoms with Crippen LogP contribution in [0.1, 0.15) is 24.6 Å². The minimum atomic E-state index is -3.36. The molecule has 0 spiro atoms. The average molecular weight is 290 g/mol. The maximum atomic E-state index is 12.3. The number of rotatable bonds is 5. The molecule has 7 heteroatoms. The van der Waals surface area contributed by atoms with Gasteiger partial charge in [0, 0.05) is 12.6 Å². The first-order valence-electron chi connectivity index (χ1n) is 5.38. The van der Waals surface area contributed by atoms with Gasteiger partial charge >= 0.3 is 0 Å². The molecule has 1 saturated carbocycles. The number of thiophene rings is 1. The first kappa shape index (κ1) is 12.9. The van der Waals surface area contributed by atoms with Crippen LogP contribution in [-0.2, 0) is 10.0 Å². The molecule has 0 amide bonds. The fourth-order valence-corrected chi connectivity index (χ4v) is 4.87. The van der Waals surface area contributed by atoms with Gasteiger partial charge in [-0.15, -0.1) is 11.3 Å². The topological polar surface area (TPSA) is 63.4 Å². The summed E-state index contributed by atoms with van der Waals surface area (Å²) in [6.07, 6.45) is 1.92. The monoisotopic (exact) mass is 290 g/mol. The van der Waals surface area contributed by atoms with Crippen molar-refractivity contribution in [2.24, 2.45) is 5.73 Å². The third kappa shape index (κ3) is 2.52. The zero-order valence-electron chi connectivity index (χ0n) is 9.42. The van der Waals surface area contributed by atoms with Crippen molar-refractivity contribution in [1.82, 2.24) is 4.31 Å². The maximum Gasteiger partial charge on any atom is 0.252 e. The lowest BCUT2D eigenvalue weighted by Gasteiger charge is -2.18. The molecule has 1 aromatic rings. The van der Waals surface area contributed by atoms with Crippen LogP contribution < -0.4 is 5.73 Å². The van der Waals surface area contributed by atoms with Gasteiger partial charge in [0.1, 0.15) is 9.20 Å². The molecule has 94 valence electrons. The van der Waals surface area contributed by atoms with Crippen molar-refractivity contribution in [3.05, 3.63) is 17.0 Å². The lowest BCUT2D eigenvalue weighted by atomic mass is 10.5. The summed E-state index contributed by atoms with van der Waals surface area (Å²) in [5.41, 5.74) is 5.48.